The highest BCUT2D eigenvalue weighted by atomic mass is 16.5. The number of nitrogens with two attached hydrogens (primary N) is 1. The van der Waals surface area contributed by atoms with E-state index in [0.717, 1.165) is 17.0 Å². The van der Waals surface area contributed by atoms with Crippen LogP contribution in [0.1, 0.15) is 15.9 Å². The first-order valence-corrected chi connectivity index (χ1v) is 8.72. The van der Waals surface area contributed by atoms with Crippen LogP contribution in [0.5, 0.6) is 17.2 Å². The molecular formula is C22H22N2O4. The van der Waals surface area contributed by atoms with Crippen molar-refractivity contribution in [2.75, 3.05) is 25.3 Å². The van der Waals surface area contributed by atoms with Crippen LogP contribution in [0.3, 0.4) is 0 Å². The summed E-state index contributed by atoms with van der Waals surface area (Å²) in [4.78, 5) is 11.9. The Morgan fingerprint density at radius 2 is 1.75 bits per heavy atom. The molecule has 6 nitrogen and oxygen atoms in total. The molecule has 0 saturated heterocycles. The molecule has 3 aromatic rings. The molecule has 0 amide bonds. The molecule has 0 aliphatic carbocycles. The molecule has 6 heteroatoms. The fraction of sp³-hybridized carbons (Fsp3) is 0.136. The first kappa shape index (κ1) is 19.1. The highest BCUT2D eigenvalue weighted by Gasteiger charge is 2.13. The number of esters is 1. The number of ether oxygens (including phenoxy) is 3. The maximum Gasteiger partial charge on any atom is 0.341 e. The number of para-hydroxylation sites is 1. The molecule has 0 aromatic heterocycles. The van der Waals surface area contributed by atoms with Gasteiger partial charge in [-0.25, -0.2) is 4.79 Å². The Labute approximate surface area is 163 Å². The normalized spacial score (nSPS) is 10.2. The monoisotopic (exact) mass is 378 g/mol. The molecule has 0 bridgehead atoms. The number of nitrogens with one attached hydrogen (secondary N) is 1. The molecule has 28 heavy (non-hydrogen) atoms. The third kappa shape index (κ3) is 4.54. The van der Waals surface area contributed by atoms with Gasteiger partial charge in [-0.05, 0) is 42.0 Å². The number of benzene rings is 3. The van der Waals surface area contributed by atoms with E-state index in [0.29, 0.717) is 29.3 Å². The van der Waals surface area contributed by atoms with Crippen molar-refractivity contribution in [1.82, 2.24) is 0 Å². The van der Waals surface area contributed by atoms with E-state index in [2.05, 4.69) is 5.32 Å². The van der Waals surface area contributed by atoms with Crippen LogP contribution in [0.4, 0.5) is 11.4 Å². The van der Waals surface area contributed by atoms with E-state index < -0.39 is 5.97 Å². The van der Waals surface area contributed by atoms with Crippen molar-refractivity contribution in [3.63, 3.8) is 0 Å². The summed E-state index contributed by atoms with van der Waals surface area (Å²) in [6, 6.07) is 20.3. The van der Waals surface area contributed by atoms with Crippen LogP contribution in [-0.4, -0.2) is 20.2 Å². The smallest absolute Gasteiger partial charge is 0.341 e. The van der Waals surface area contributed by atoms with E-state index in [1.807, 2.05) is 48.5 Å². The fourth-order valence-corrected chi connectivity index (χ4v) is 2.71. The SMILES string of the molecule is COC(=O)c1cc(CNc2cc(Oc3ccccc3)ccc2N)ccc1OC. The zero-order valence-electron chi connectivity index (χ0n) is 15.8. The number of hydrogen-bond acceptors (Lipinski definition) is 6. The summed E-state index contributed by atoms with van der Waals surface area (Å²) in [5, 5.41) is 3.28. The third-order valence-electron chi connectivity index (χ3n) is 4.16. The Morgan fingerprint density at radius 1 is 0.964 bits per heavy atom. The minimum absolute atomic E-state index is 0.374. The lowest BCUT2D eigenvalue weighted by atomic mass is 10.1. The van der Waals surface area contributed by atoms with Crippen molar-refractivity contribution in [3.05, 3.63) is 77.9 Å². The standard InChI is InChI=1S/C22H22N2O4/c1-26-21-11-8-15(12-18(21)22(25)27-2)14-24-20-13-17(9-10-19(20)23)28-16-6-4-3-5-7-16/h3-13,24H,14,23H2,1-2H3. The quantitative estimate of drug-likeness (QED) is 0.466. The summed E-state index contributed by atoms with van der Waals surface area (Å²) in [6.07, 6.45) is 0. The van der Waals surface area contributed by atoms with E-state index in [4.69, 9.17) is 19.9 Å². The minimum atomic E-state index is -0.448. The minimum Gasteiger partial charge on any atom is -0.496 e. The van der Waals surface area contributed by atoms with Crippen molar-refractivity contribution < 1.29 is 19.0 Å². The predicted molar refractivity (Wildman–Crippen MR) is 109 cm³/mol. The van der Waals surface area contributed by atoms with E-state index in [9.17, 15) is 4.79 Å². The first-order chi connectivity index (χ1) is 13.6. The molecule has 0 fully saturated rings. The fourth-order valence-electron chi connectivity index (χ4n) is 2.71. The van der Waals surface area contributed by atoms with Gasteiger partial charge in [0.05, 0.1) is 25.6 Å². The predicted octanol–water partition coefficient (Wildman–Crippen LogP) is 4.47. The van der Waals surface area contributed by atoms with Crippen molar-refractivity contribution in [3.8, 4) is 17.2 Å². The number of nitrogen functional groups attached to an aromatic ring is 1. The van der Waals surface area contributed by atoms with Gasteiger partial charge in [-0.2, -0.15) is 0 Å². The molecule has 0 spiro atoms. The van der Waals surface area contributed by atoms with Gasteiger partial charge < -0.3 is 25.3 Å². The third-order valence-corrected chi connectivity index (χ3v) is 4.16. The van der Waals surface area contributed by atoms with Gasteiger partial charge in [-0.1, -0.05) is 24.3 Å². The molecule has 0 aliphatic heterocycles. The zero-order valence-corrected chi connectivity index (χ0v) is 15.8. The second-order valence-electron chi connectivity index (χ2n) is 6.04. The summed E-state index contributed by atoms with van der Waals surface area (Å²) in [7, 11) is 2.85. The van der Waals surface area contributed by atoms with Crippen LogP contribution >= 0.6 is 0 Å². The molecule has 0 aliphatic rings. The van der Waals surface area contributed by atoms with Crippen LogP contribution in [0.2, 0.25) is 0 Å². The lowest BCUT2D eigenvalue weighted by molar-refractivity contribution is 0.0597. The van der Waals surface area contributed by atoms with Crippen LogP contribution < -0.4 is 20.5 Å². The van der Waals surface area contributed by atoms with E-state index in [1.54, 1.807) is 18.2 Å². The van der Waals surface area contributed by atoms with Crippen LogP contribution in [0.15, 0.2) is 66.7 Å². The number of carbonyl (C=O) groups excluding carboxylic acids is 1. The second kappa shape index (κ2) is 8.81. The number of methoxy groups -OCH3 is 2. The van der Waals surface area contributed by atoms with Crippen LogP contribution in [0, 0.1) is 0 Å². The summed E-state index contributed by atoms with van der Waals surface area (Å²) < 4.78 is 15.9. The van der Waals surface area contributed by atoms with Gasteiger partial charge in [-0.15, -0.1) is 0 Å². The maximum absolute atomic E-state index is 11.9. The lowest BCUT2D eigenvalue weighted by Gasteiger charge is -2.13. The molecule has 3 rings (SSSR count). The topological polar surface area (TPSA) is 82.8 Å². The molecule has 0 radical (unpaired) electrons. The van der Waals surface area contributed by atoms with E-state index in [-0.39, 0.29) is 0 Å². The van der Waals surface area contributed by atoms with Gasteiger partial charge in [-0.3, -0.25) is 0 Å². The molecular weight excluding hydrogens is 356 g/mol. The number of hydrogen-bond donors (Lipinski definition) is 2. The van der Waals surface area contributed by atoms with Gasteiger partial charge in [0, 0.05) is 12.6 Å². The summed E-state index contributed by atoms with van der Waals surface area (Å²) in [5.74, 6) is 1.44. The Bertz CT molecular complexity index is 958. The van der Waals surface area contributed by atoms with Crippen LogP contribution in [-0.2, 0) is 11.3 Å². The number of rotatable bonds is 7. The van der Waals surface area contributed by atoms with Gasteiger partial charge in [0.1, 0.15) is 22.8 Å². The molecule has 0 atom stereocenters. The maximum atomic E-state index is 11.9. The highest BCUT2D eigenvalue weighted by molar-refractivity contribution is 5.92. The molecule has 0 unspecified atom stereocenters. The van der Waals surface area contributed by atoms with Crippen molar-refractivity contribution in [2.45, 2.75) is 6.54 Å². The van der Waals surface area contributed by atoms with Crippen molar-refractivity contribution >= 4 is 17.3 Å². The average Bonchev–Trinajstić information content (AvgIpc) is 2.74. The first-order valence-electron chi connectivity index (χ1n) is 8.72. The molecule has 3 aromatic carbocycles. The van der Waals surface area contributed by atoms with Crippen LogP contribution in [0.25, 0.3) is 0 Å². The van der Waals surface area contributed by atoms with Gasteiger partial charge in [0.25, 0.3) is 0 Å². The molecule has 0 saturated carbocycles. The summed E-state index contributed by atoms with van der Waals surface area (Å²) in [5.41, 5.74) is 8.68. The Balaban J connectivity index is 1.75. The van der Waals surface area contributed by atoms with Crippen molar-refractivity contribution in [2.24, 2.45) is 0 Å². The number of carbonyl (C=O) groups is 1. The number of anilines is 2. The van der Waals surface area contributed by atoms with Crippen molar-refractivity contribution in [1.29, 1.82) is 0 Å². The molecule has 144 valence electrons. The molecule has 0 heterocycles. The summed E-state index contributed by atoms with van der Waals surface area (Å²) >= 11 is 0. The Hall–Kier alpha value is -3.67. The highest BCUT2D eigenvalue weighted by Crippen LogP contribution is 2.29. The Morgan fingerprint density at radius 3 is 2.46 bits per heavy atom. The average molecular weight is 378 g/mol. The Kier molecular flexibility index (Phi) is 6.01. The van der Waals surface area contributed by atoms with E-state index in [1.165, 1.54) is 14.2 Å². The largest absolute Gasteiger partial charge is 0.496 e. The lowest BCUT2D eigenvalue weighted by Crippen LogP contribution is -2.07. The van der Waals surface area contributed by atoms with E-state index >= 15 is 0 Å². The van der Waals surface area contributed by atoms with Gasteiger partial charge >= 0.3 is 5.97 Å². The molecule has 3 N–H and O–H groups in total. The van der Waals surface area contributed by atoms with Gasteiger partial charge in [0.2, 0.25) is 0 Å². The zero-order chi connectivity index (χ0) is 19.9. The second-order valence-corrected chi connectivity index (χ2v) is 6.04. The van der Waals surface area contributed by atoms with Gasteiger partial charge in [0.15, 0.2) is 0 Å². The summed E-state index contributed by atoms with van der Waals surface area (Å²) in [6.45, 7) is 0.465.